The molecule has 3 heterocycles. The van der Waals surface area contributed by atoms with Crippen molar-refractivity contribution in [2.75, 3.05) is 13.1 Å². The third-order valence-electron chi connectivity index (χ3n) is 3.80. The summed E-state index contributed by atoms with van der Waals surface area (Å²) in [6.07, 6.45) is 1.65. The van der Waals surface area contributed by atoms with Gasteiger partial charge in [-0.25, -0.2) is 0 Å². The standard InChI is InChI=1S/C13H18N4O3/c1-8(2)12-15-14-10(20-12)6-16-7-11(18)17-5-3-4-9(17)13(16)19/h8-9H,3-7H2,1-2H3/t9-/m0/s1. The molecule has 3 rings (SSSR count). The monoisotopic (exact) mass is 278 g/mol. The zero-order valence-electron chi connectivity index (χ0n) is 11.7. The van der Waals surface area contributed by atoms with Gasteiger partial charge in [-0.1, -0.05) is 13.8 Å². The van der Waals surface area contributed by atoms with Crippen LogP contribution in [0.2, 0.25) is 0 Å². The Morgan fingerprint density at radius 3 is 2.85 bits per heavy atom. The second-order valence-corrected chi connectivity index (χ2v) is 5.63. The summed E-state index contributed by atoms with van der Waals surface area (Å²) < 4.78 is 5.50. The molecule has 2 amide bonds. The van der Waals surface area contributed by atoms with Crippen molar-refractivity contribution in [2.45, 2.75) is 45.2 Å². The van der Waals surface area contributed by atoms with Gasteiger partial charge in [-0.15, -0.1) is 10.2 Å². The molecular formula is C13H18N4O3. The average Bonchev–Trinajstić information content (AvgIpc) is 3.04. The van der Waals surface area contributed by atoms with Crippen molar-refractivity contribution in [1.82, 2.24) is 20.0 Å². The molecule has 2 fully saturated rings. The first-order valence-corrected chi connectivity index (χ1v) is 6.97. The number of piperazine rings is 1. The molecule has 7 nitrogen and oxygen atoms in total. The van der Waals surface area contributed by atoms with Crippen LogP contribution < -0.4 is 0 Å². The molecule has 0 aromatic carbocycles. The molecule has 1 aromatic rings. The third kappa shape index (κ3) is 2.17. The van der Waals surface area contributed by atoms with Gasteiger partial charge in [-0.2, -0.15) is 0 Å². The fourth-order valence-electron chi connectivity index (χ4n) is 2.73. The lowest BCUT2D eigenvalue weighted by Crippen LogP contribution is -2.56. The van der Waals surface area contributed by atoms with Crippen molar-refractivity contribution in [3.63, 3.8) is 0 Å². The maximum absolute atomic E-state index is 12.3. The molecule has 2 saturated heterocycles. The number of carbonyl (C=O) groups excluding carboxylic acids is 2. The molecule has 0 saturated carbocycles. The molecule has 20 heavy (non-hydrogen) atoms. The van der Waals surface area contributed by atoms with Crippen LogP contribution in [0.25, 0.3) is 0 Å². The Morgan fingerprint density at radius 1 is 1.35 bits per heavy atom. The Kier molecular flexibility index (Phi) is 3.19. The quantitative estimate of drug-likeness (QED) is 0.805. The molecule has 1 aromatic heterocycles. The minimum absolute atomic E-state index is 0.00797. The molecule has 0 spiro atoms. The van der Waals surface area contributed by atoms with Crippen LogP contribution in [0.4, 0.5) is 0 Å². The van der Waals surface area contributed by atoms with E-state index in [0.29, 0.717) is 18.3 Å². The zero-order chi connectivity index (χ0) is 14.3. The van der Waals surface area contributed by atoms with Crippen LogP contribution in [0.3, 0.4) is 0 Å². The number of fused-ring (bicyclic) bond motifs is 1. The number of rotatable bonds is 3. The summed E-state index contributed by atoms with van der Waals surface area (Å²) in [6.45, 7) is 4.94. The van der Waals surface area contributed by atoms with Gasteiger partial charge in [-0.05, 0) is 12.8 Å². The van der Waals surface area contributed by atoms with E-state index in [1.165, 1.54) is 4.90 Å². The SMILES string of the molecule is CC(C)c1nnc(CN2CC(=O)N3CCC[C@H]3C2=O)o1. The summed E-state index contributed by atoms with van der Waals surface area (Å²) in [6, 6.07) is -0.288. The lowest BCUT2D eigenvalue weighted by atomic mass is 10.1. The van der Waals surface area contributed by atoms with E-state index in [-0.39, 0.29) is 36.9 Å². The molecule has 2 aliphatic heterocycles. The summed E-state index contributed by atoms with van der Waals surface area (Å²) in [7, 11) is 0. The minimum Gasteiger partial charge on any atom is -0.423 e. The number of carbonyl (C=O) groups is 2. The molecular weight excluding hydrogens is 260 g/mol. The smallest absolute Gasteiger partial charge is 0.246 e. The molecule has 0 N–H and O–H groups in total. The van der Waals surface area contributed by atoms with Crippen molar-refractivity contribution < 1.29 is 14.0 Å². The topological polar surface area (TPSA) is 79.5 Å². The first-order valence-electron chi connectivity index (χ1n) is 6.97. The highest BCUT2D eigenvalue weighted by Gasteiger charge is 2.42. The Hall–Kier alpha value is -1.92. The number of hydrogen-bond acceptors (Lipinski definition) is 5. The molecule has 0 aliphatic carbocycles. The fraction of sp³-hybridized carbons (Fsp3) is 0.692. The Morgan fingerprint density at radius 2 is 2.15 bits per heavy atom. The van der Waals surface area contributed by atoms with Crippen molar-refractivity contribution in [2.24, 2.45) is 0 Å². The molecule has 0 bridgehead atoms. The van der Waals surface area contributed by atoms with Gasteiger partial charge in [0, 0.05) is 12.5 Å². The number of nitrogens with zero attached hydrogens (tertiary/aromatic N) is 4. The van der Waals surface area contributed by atoms with Gasteiger partial charge >= 0.3 is 0 Å². The third-order valence-corrected chi connectivity index (χ3v) is 3.80. The molecule has 2 aliphatic rings. The normalized spacial score (nSPS) is 22.9. The van der Waals surface area contributed by atoms with Crippen LogP contribution in [-0.2, 0) is 16.1 Å². The van der Waals surface area contributed by atoms with E-state index in [1.54, 1.807) is 4.90 Å². The highest BCUT2D eigenvalue weighted by atomic mass is 16.4. The molecule has 0 unspecified atom stereocenters. The van der Waals surface area contributed by atoms with E-state index in [4.69, 9.17) is 4.42 Å². The van der Waals surface area contributed by atoms with E-state index in [1.807, 2.05) is 13.8 Å². The second-order valence-electron chi connectivity index (χ2n) is 5.63. The van der Waals surface area contributed by atoms with E-state index >= 15 is 0 Å². The Labute approximate surface area is 116 Å². The van der Waals surface area contributed by atoms with Gasteiger partial charge in [0.15, 0.2) is 0 Å². The van der Waals surface area contributed by atoms with Gasteiger partial charge in [-0.3, -0.25) is 9.59 Å². The van der Waals surface area contributed by atoms with Gasteiger partial charge in [0.1, 0.15) is 12.6 Å². The number of amides is 2. The van der Waals surface area contributed by atoms with Crippen molar-refractivity contribution in [1.29, 1.82) is 0 Å². The highest BCUT2D eigenvalue weighted by molar-refractivity contribution is 5.95. The first-order chi connectivity index (χ1) is 9.56. The van der Waals surface area contributed by atoms with E-state index in [2.05, 4.69) is 10.2 Å². The van der Waals surface area contributed by atoms with Crippen LogP contribution in [-0.4, -0.2) is 50.9 Å². The predicted molar refractivity (Wildman–Crippen MR) is 68.5 cm³/mol. The van der Waals surface area contributed by atoms with Crippen molar-refractivity contribution >= 4 is 11.8 Å². The number of aromatic nitrogens is 2. The Balaban J connectivity index is 1.73. The van der Waals surface area contributed by atoms with Crippen molar-refractivity contribution in [3.8, 4) is 0 Å². The van der Waals surface area contributed by atoms with Crippen LogP contribution in [0.5, 0.6) is 0 Å². The second kappa shape index (κ2) is 4.88. The van der Waals surface area contributed by atoms with Gasteiger partial charge in [0.05, 0.1) is 6.54 Å². The summed E-state index contributed by atoms with van der Waals surface area (Å²) >= 11 is 0. The largest absolute Gasteiger partial charge is 0.423 e. The lowest BCUT2D eigenvalue weighted by molar-refractivity contribution is -0.154. The highest BCUT2D eigenvalue weighted by Crippen LogP contribution is 2.24. The van der Waals surface area contributed by atoms with E-state index < -0.39 is 0 Å². The minimum atomic E-state index is -0.288. The molecule has 7 heteroatoms. The average molecular weight is 278 g/mol. The summed E-state index contributed by atoms with van der Waals surface area (Å²) in [4.78, 5) is 27.5. The van der Waals surface area contributed by atoms with Gasteiger partial charge in [0.25, 0.3) is 0 Å². The van der Waals surface area contributed by atoms with Gasteiger partial charge < -0.3 is 14.2 Å². The van der Waals surface area contributed by atoms with Gasteiger partial charge in [0.2, 0.25) is 23.6 Å². The zero-order valence-corrected chi connectivity index (χ0v) is 11.7. The van der Waals surface area contributed by atoms with Crippen LogP contribution >= 0.6 is 0 Å². The maximum Gasteiger partial charge on any atom is 0.246 e. The summed E-state index contributed by atoms with van der Waals surface area (Å²) in [5, 5.41) is 7.88. The lowest BCUT2D eigenvalue weighted by Gasteiger charge is -2.35. The molecule has 0 radical (unpaired) electrons. The van der Waals surface area contributed by atoms with Crippen LogP contribution in [0, 0.1) is 0 Å². The molecule has 1 atom stereocenters. The predicted octanol–water partition coefficient (Wildman–Crippen LogP) is 0.526. The Bertz CT molecular complexity index is 539. The van der Waals surface area contributed by atoms with E-state index in [9.17, 15) is 9.59 Å². The summed E-state index contributed by atoms with van der Waals surface area (Å²) in [5.41, 5.74) is 0. The first kappa shape index (κ1) is 13.1. The number of hydrogen-bond donors (Lipinski definition) is 0. The van der Waals surface area contributed by atoms with Crippen LogP contribution in [0.1, 0.15) is 44.4 Å². The summed E-state index contributed by atoms with van der Waals surface area (Å²) in [5.74, 6) is 1.10. The van der Waals surface area contributed by atoms with Crippen molar-refractivity contribution in [3.05, 3.63) is 11.8 Å². The van der Waals surface area contributed by atoms with Crippen LogP contribution in [0.15, 0.2) is 4.42 Å². The van der Waals surface area contributed by atoms with E-state index in [0.717, 1.165) is 12.8 Å². The maximum atomic E-state index is 12.3. The molecule has 108 valence electrons. The fourth-order valence-corrected chi connectivity index (χ4v) is 2.73.